The third-order valence-corrected chi connectivity index (χ3v) is 10.1. The molecule has 3 aliphatic rings. The smallest absolute Gasteiger partial charge is 0.329 e. The van der Waals surface area contributed by atoms with E-state index in [4.69, 9.17) is 15.5 Å². The average molecular weight is 614 g/mol. The van der Waals surface area contributed by atoms with Crippen LogP contribution in [0.1, 0.15) is 42.5 Å². The second kappa shape index (κ2) is 9.88. The average Bonchev–Trinajstić information content (AvgIpc) is 3.27. The predicted molar refractivity (Wildman–Crippen MR) is 158 cm³/mol. The van der Waals surface area contributed by atoms with Gasteiger partial charge in [-0.2, -0.15) is 13.1 Å². The Labute approximate surface area is 247 Å². The molecule has 2 bridgehead atoms. The Balaban J connectivity index is 1.36. The van der Waals surface area contributed by atoms with Crippen molar-refractivity contribution in [2.75, 3.05) is 17.7 Å². The number of benzene rings is 1. The van der Waals surface area contributed by atoms with Crippen LogP contribution in [0.5, 0.6) is 5.75 Å². The van der Waals surface area contributed by atoms with Crippen LogP contribution in [0.25, 0.3) is 33.6 Å². The molecule has 0 spiro atoms. The van der Waals surface area contributed by atoms with E-state index in [1.165, 1.54) is 6.07 Å². The number of aromatic nitrogens is 4. The molecule has 228 valence electrons. The van der Waals surface area contributed by atoms with Gasteiger partial charge in [-0.05, 0) is 68.4 Å². The summed E-state index contributed by atoms with van der Waals surface area (Å²) in [4.78, 5) is 25.0. The largest absolute Gasteiger partial charge is 0.494 e. The van der Waals surface area contributed by atoms with Gasteiger partial charge in [0.2, 0.25) is 10.0 Å². The Morgan fingerprint density at radius 1 is 1.16 bits per heavy atom. The number of carbonyl (C=O) groups excluding carboxylic acids is 1. The molecule has 4 aromatic rings. The number of amides is 1. The summed E-state index contributed by atoms with van der Waals surface area (Å²) in [6.45, 7) is -2.70. The molecular formula is C29H33F2N7O4S. The van der Waals surface area contributed by atoms with E-state index in [0.29, 0.717) is 57.4 Å². The van der Waals surface area contributed by atoms with Crippen molar-refractivity contribution in [2.24, 2.45) is 18.7 Å². The molecule has 14 heteroatoms. The number of methoxy groups -OCH3 is 1. The number of pyridine rings is 1. The molecular weight excluding hydrogens is 580 g/mol. The maximum atomic E-state index is 13.8. The molecule has 2 N–H and O–H groups in total. The number of nitrogens with two attached hydrogens (primary N) is 1. The summed E-state index contributed by atoms with van der Waals surface area (Å²) in [7, 11) is -0.858. The maximum absolute atomic E-state index is 13.8. The molecule has 1 aliphatic carbocycles. The van der Waals surface area contributed by atoms with E-state index in [9.17, 15) is 22.0 Å². The molecule has 5 heterocycles. The lowest BCUT2D eigenvalue weighted by Crippen LogP contribution is -2.40. The molecule has 3 aromatic heterocycles. The molecule has 7 rings (SSSR count). The van der Waals surface area contributed by atoms with Gasteiger partial charge in [-0.25, -0.2) is 18.4 Å². The second-order valence-corrected chi connectivity index (χ2v) is 13.8. The first-order valence-corrected chi connectivity index (χ1v) is 16.2. The summed E-state index contributed by atoms with van der Waals surface area (Å²) >= 11 is 0. The van der Waals surface area contributed by atoms with Crippen molar-refractivity contribution < 1.29 is 26.7 Å². The van der Waals surface area contributed by atoms with E-state index >= 15 is 0 Å². The molecule has 1 aromatic carbocycles. The molecule has 43 heavy (non-hydrogen) atoms. The first-order chi connectivity index (χ1) is 20.5. The molecule has 1 saturated carbocycles. The fourth-order valence-corrected chi connectivity index (χ4v) is 7.63. The SMILES string of the molecule is COc1cc(C(=O)N2[C@@H]3CC[C@H]2[C@@H](N)C3)cc2nc(-c3cc4ccc(N(C(F)F)S(C)(=O)=O)nc4n3CC3CC3)n(C)c12. The van der Waals surface area contributed by atoms with Crippen molar-refractivity contribution in [3.05, 3.63) is 35.9 Å². The van der Waals surface area contributed by atoms with Gasteiger partial charge in [0.25, 0.3) is 5.91 Å². The highest BCUT2D eigenvalue weighted by Gasteiger charge is 2.47. The van der Waals surface area contributed by atoms with Gasteiger partial charge in [-0.15, -0.1) is 0 Å². The van der Waals surface area contributed by atoms with Gasteiger partial charge in [-0.1, -0.05) is 0 Å². The third-order valence-electron chi connectivity index (χ3n) is 9.08. The van der Waals surface area contributed by atoms with E-state index in [0.717, 1.165) is 38.4 Å². The summed E-state index contributed by atoms with van der Waals surface area (Å²) in [6, 6.07) is 8.47. The molecule has 2 aliphatic heterocycles. The number of anilines is 1. The molecule has 3 fully saturated rings. The second-order valence-electron chi connectivity index (χ2n) is 12.0. The zero-order valence-electron chi connectivity index (χ0n) is 24.1. The highest BCUT2D eigenvalue weighted by atomic mass is 32.2. The number of nitrogens with zero attached hydrogens (tertiary/aromatic N) is 6. The monoisotopic (exact) mass is 613 g/mol. The van der Waals surface area contributed by atoms with Crippen LogP contribution < -0.4 is 14.8 Å². The number of alkyl halides is 2. The first kappa shape index (κ1) is 28.0. The number of hydrogen-bond donors (Lipinski definition) is 1. The summed E-state index contributed by atoms with van der Waals surface area (Å²) in [5.41, 5.74) is 9.15. The lowest BCUT2D eigenvalue weighted by Gasteiger charge is -2.23. The van der Waals surface area contributed by atoms with Crippen molar-refractivity contribution in [1.82, 2.24) is 24.0 Å². The fourth-order valence-electron chi connectivity index (χ4n) is 6.90. The number of imidazole rings is 1. The number of ether oxygens (including phenoxy) is 1. The van der Waals surface area contributed by atoms with Crippen molar-refractivity contribution in [1.29, 1.82) is 0 Å². The highest BCUT2D eigenvalue weighted by Crippen LogP contribution is 2.41. The van der Waals surface area contributed by atoms with Crippen LogP contribution in [-0.4, -0.2) is 76.4 Å². The zero-order chi connectivity index (χ0) is 30.4. The molecule has 11 nitrogen and oxygen atoms in total. The number of sulfonamides is 1. The van der Waals surface area contributed by atoms with E-state index in [2.05, 4.69) is 4.98 Å². The number of rotatable bonds is 8. The van der Waals surface area contributed by atoms with Crippen molar-refractivity contribution in [2.45, 2.75) is 63.3 Å². The third kappa shape index (κ3) is 4.53. The van der Waals surface area contributed by atoms with Crippen molar-refractivity contribution >= 4 is 43.8 Å². The number of carbonyl (C=O) groups is 1. The Morgan fingerprint density at radius 2 is 1.93 bits per heavy atom. The summed E-state index contributed by atoms with van der Waals surface area (Å²) < 4.78 is 61.5. The van der Waals surface area contributed by atoms with Gasteiger partial charge in [0.15, 0.2) is 5.82 Å². The van der Waals surface area contributed by atoms with Gasteiger partial charge in [-0.3, -0.25) is 4.79 Å². The Morgan fingerprint density at radius 3 is 2.53 bits per heavy atom. The quantitative estimate of drug-likeness (QED) is 0.300. The fraction of sp³-hybridized carbons (Fsp3) is 0.483. The standard InChI is InChI=1S/C29H33F2N7O4S/c1-35-25-20(10-17(12-23(25)42-2)28(39)37-18-7-8-21(37)19(32)13-18)33-27(35)22-11-16-6-9-24(38(29(30)31)43(3,40)41)34-26(16)36(22)14-15-4-5-15/h6,9-12,15,18-19,21,29H,4-5,7-8,13-14,32H2,1-3H3/t18-,19+,21+/m1/s1. The van der Waals surface area contributed by atoms with Crippen molar-refractivity contribution in [3.8, 4) is 17.3 Å². The lowest BCUT2D eigenvalue weighted by molar-refractivity contribution is 0.0726. The van der Waals surface area contributed by atoms with Crippen LogP contribution >= 0.6 is 0 Å². The van der Waals surface area contributed by atoms with Crippen LogP contribution in [0.3, 0.4) is 0 Å². The molecule has 0 radical (unpaired) electrons. The summed E-state index contributed by atoms with van der Waals surface area (Å²) in [5.74, 6) is 1.04. The lowest BCUT2D eigenvalue weighted by atomic mass is 9.97. The van der Waals surface area contributed by atoms with Crippen LogP contribution in [0.4, 0.5) is 14.6 Å². The highest BCUT2D eigenvalue weighted by molar-refractivity contribution is 7.92. The predicted octanol–water partition coefficient (Wildman–Crippen LogP) is 3.70. The summed E-state index contributed by atoms with van der Waals surface area (Å²) in [5, 5.41) is 0.665. The molecule has 2 saturated heterocycles. The minimum absolute atomic E-state index is 0.0116. The minimum Gasteiger partial charge on any atom is -0.494 e. The summed E-state index contributed by atoms with van der Waals surface area (Å²) in [6.07, 6.45) is 5.45. The normalized spacial score (nSPS) is 21.9. The van der Waals surface area contributed by atoms with Crippen LogP contribution in [0.2, 0.25) is 0 Å². The van der Waals surface area contributed by atoms with Crippen LogP contribution in [-0.2, 0) is 23.6 Å². The Kier molecular flexibility index (Phi) is 6.43. The minimum atomic E-state index is -4.27. The zero-order valence-corrected chi connectivity index (χ0v) is 24.9. The van der Waals surface area contributed by atoms with Gasteiger partial charge in [0, 0.05) is 42.7 Å². The first-order valence-electron chi connectivity index (χ1n) is 14.4. The van der Waals surface area contributed by atoms with Crippen molar-refractivity contribution in [3.63, 3.8) is 0 Å². The van der Waals surface area contributed by atoms with Crippen LogP contribution in [0.15, 0.2) is 30.3 Å². The molecule has 3 atom stereocenters. The Hall–Kier alpha value is -3.78. The van der Waals surface area contributed by atoms with E-state index in [1.807, 2.05) is 27.1 Å². The number of halogens is 2. The number of fused-ring (bicyclic) bond motifs is 4. The topological polar surface area (TPSA) is 129 Å². The van der Waals surface area contributed by atoms with E-state index in [1.54, 1.807) is 25.3 Å². The van der Waals surface area contributed by atoms with Crippen LogP contribution in [0, 0.1) is 5.92 Å². The maximum Gasteiger partial charge on any atom is 0.329 e. The van der Waals surface area contributed by atoms with E-state index in [-0.39, 0.29) is 34.2 Å². The molecule has 1 amide bonds. The van der Waals surface area contributed by atoms with Gasteiger partial charge in [0.05, 0.1) is 24.6 Å². The van der Waals surface area contributed by atoms with Gasteiger partial charge in [0.1, 0.15) is 22.7 Å². The van der Waals surface area contributed by atoms with E-state index < -0.39 is 16.6 Å². The van der Waals surface area contributed by atoms with Gasteiger partial charge < -0.3 is 24.5 Å². The Bertz CT molecular complexity index is 1880. The number of hydrogen-bond acceptors (Lipinski definition) is 7. The molecule has 0 unspecified atom stereocenters. The number of aryl methyl sites for hydroxylation is 1. The van der Waals surface area contributed by atoms with Gasteiger partial charge >= 0.3 is 6.55 Å².